The highest BCUT2D eigenvalue weighted by molar-refractivity contribution is 5.95. The number of aromatic nitrogens is 1. The van der Waals surface area contributed by atoms with Crippen LogP contribution in [-0.2, 0) is 11.3 Å². The van der Waals surface area contributed by atoms with Crippen molar-refractivity contribution in [1.82, 2.24) is 9.88 Å². The fourth-order valence-corrected chi connectivity index (χ4v) is 3.72. The second kappa shape index (κ2) is 8.23. The number of alkyl halides is 2. The Bertz CT molecular complexity index is 1280. The Labute approximate surface area is 177 Å². The third-order valence-electron chi connectivity index (χ3n) is 5.22. The molecule has 6 nitrogen and oxygen atoms in total. The first-order chi connectivity index (χ1) is 15.2. The number of fused-ring (bicyclic) bond motifs is 3. The summed E-state index contributed by atoms with van der Waals surface area (Å²) >= 11 is 0. The molecule has 0 fully saturated rings. The van der Waals surface area contributed by atoms with Gasteiger partial charge in [-0.1, -0.05) is 0 Å². The summed E-state index contributed by atoms with van der Waals surface area (Å²) in [6, 6.07) is 3.58. The van der Waals surface area contributed by atoms with Crippen molar-refractivity contribution in [3.63, 3.8) is 0 Å². The maximum Gasteiger partial charge on any atom is 0.387 e. The standard InChI is InChI=1S/C21H15F5N2O4/c1-28(20(30)9-2-3-17(14(24)4-9)32-21(25)26)16-8-31-7-15-18(16)10-5-12(22)13(23)6-11(10)19(29)27-15/h2-6,16,21H,7-8H2,1H3,(H,27,29). The minimum absolute atomic E-state index is 0.0215. The molecule has 1 amide bonds. The number of amides is 1. The van der Waals surface area contributed by atoms with Crippen LogP contribution in [-0.4, -0.2) is 36.1 Å². The summed E-state index contributed by atoms with van der Waals surface area (Å²) in [5, 5.41) is 0.0115. The molecule has 0 bridgehead atoms. The Kier molecular flexibility index (Phi) is 5.59. The van der Waals surface area contributed by atoms with Crippen molar-refractivity contribution in [2.75, 3.05) is 13.7 Å². The van der Waals surface area contributed by atoms with Crippen LogP contribution in [0.2, 0.25) is 0 Å². The van der Waals surface area contributed by atoms with Gasteiger partial charge in [-0.2, -0.15) is 8.78 Å². The van der Waals surface area contributed by atoms with Crippen LogP contribution in [0.5, 0.6) is 5.75 Å². The highest BCUT2D eigenvalue weighted by Crippen LogP contribution is 2.34. The van der Waals surface area contributed by atoms with Crippen molar-refractivity contribution < 1.29 is 36.2 Å². The summed E-state index contributed by atoms with van der Waals surface area (Å²) in [5.41, 5.74) is -0.160. The van der Waals surface area contributed by atoms with E-state index in [0.717, 1.165) is 30.3 Å². The van der Waals surface area contributed by atoms with E-state index >= 15 is 0 Å². The molecule has 3 aromatic rings. The number of likely N-dealkylation sites (N-methyl/N-ethyl adjacent to an activating group) is 1. The zero-order valence-electron chi connectivity index (χ0n) is 16.4. The average molecular weight is 454 g/mol. The number of carbonyl (C=O) groups is 1. The molecule has 2 aromatic carbocycles. The number of nitrogens with zero attached hydrogens (tertiary/aromatic N) is 1. The number of aromatic amines is 1. The van der Waals surface area contributed by atoms with Crippen LogP contribution in [0.25, 0.3) is 10.8 Å². The van der Waals surface area contributed by atoms with Gasteiger partial charge in [0.15, 0.2) is 23.2 Å². The molecule has 0 saturated carbocycles. The minimum Gasteiger partial charge on any atom is -0.432 e. The highest BCUT2D eigenvalue weighted by Gasteiger charge is 2.31. The fraction of sp³-hybridized carbons (Fsp3) is 0.238. The van der Waals surface area contributed by atoms with Gasteiger partial charge in [0.2, 0.25) is 0 Å². The molecule has 168 valence electrons. The molecule has 11 heteroatoms. The molecule has 32 heavy (non-hydrogen) atoms. The van der Waals surface area contributed by atoms with Crippen LogP contribution in [0.15, 0.2) is 35.1 Å². The molecule has 1 N–H and O–H groups in total. The maximum absolute atomic E-state index is 14.1. The summed E-state index contributed by atoms with van der Waals surface area (Å²) in [5.74, 6) is -4.93. The first-order valence-electron chi connectivity index (χ1n) is 9.30. The van der Waals surface area contributed by atoms with Crippen molar-refractivity contribution in [1.29, 1.82) is 0 Å². The van der Waals surface area contributed by atoms with Gasteiger partial charge in [-0.3, -0.25) is 9.59 Å². The van der Waals surface area contributed by atoms with Crippen LogP contribution in [0.1, 0.15) is 27.7 Å². The number of nitrogens with one attached hydrogen (secondary N) is 1. The Balaban J connectivity index is 1.75. The summed E-state index contributed by atoms with van der Waals surface area (Å²) in [6.45, 7) is -3.29. The van der Waals surface area contributed by atoms with Gasteiger partial charge in [0.1, 0.15) is 0 Å². The Morgan fingerprint density at radius 3 is 2.47 bits per heavy atom. The Morgan fingerprint density at radius 1 is 1.12 bits per heavy atom. The Hall–Kier alpha value is -3.47. The minimum atomic E-state index is -3.23. The first-order valence-corrected chi connectivity index (χ1v) is 9.30. The van der Waals surface area contributed by atoms with Crippen LogP contribution in [0.3, 0.4) is 0 Å². The van der Waals surface area contributed by atoms with E-state index in [1.807, 2.05) is 0 Å². The van der Waals surface area contributed by atoms with E-state index in [1.165, 1.54) is 11.9 Å². The Morgan fingerprint density at radius 2 is 1.81 bits per heavy atom. The molecule has 2 heterocycles. The SMILES string of the molecule is CN(C(=O)c1ccc(OC(F)F)c(F)c1)C1COCc2[nH]c(=O)c3cc(F)c(F)cc3c21. The van der Waals surface area contributed by atoms with E-state index in [-0.39, 0.29) is 35.2 Å². The third-order valence-corrected chi connectivity index (χ3v) is 5.22. The summed E-state index contributed by atoms with van der Waals surface area (Å²) < 4.78 is 75.9. The molecular formula is C21H15F5N2O4. The number of halogens is 5. The molecule has 1 aliphatic heterocycles. The number of H-pyrrole nitrogens is 1. The van der Waals surface area contributed by atoms with Gasteiger partial charge < -0.3 is 19.4 Å². The molecule has 0 radical (unpaired) electrons. The topological polar surface area (TPSA) is 71.6 Å². The molecule has 4 rings (SSSR count). The van der Waals surface area contributed by atoms with E-state index in [4.69, 9.17) is 4.74 Å². The molecule has 0 saturated heterocycles. The predicted octanol–water partition coefficient (Wildman–Crippen LogP) is 3.89. The maximum atomic E-state index is 14.1. The monoisotopic (exact) mass is 454 g/mol. The zero-order valence-corrected chi connectivity index (χ0v) is 16.4. The van der Waals surface area contributed by atoms with Crippen molar-refractivity contribution >= 4 is 16.7 Å². The normalized spacial score (nSPS) is 15.7. The number of benzene rings is 2. The van der Waals surface area contributed by atoms with Gasteiger partial charge in [0.05, 0.1) is 24.6 Å². The van der Waals surface area contributed by atoms with E-state index in [2.05, 4.69) is 9.72 Å². The number of hydrogen-bond acceptors (Lipinski definition) is 4. The van der Waals surface area contributed by atoms with Crippen molar-refractivity contribution in [2.24, 2.45) is 0 Å². The quantitative estimate of drug-likeness (QED) is 0.608. The van der Waals surface area contributed by atoms with Crippen molar-refractivity contribution in [2.45, 2.75) is 19.3 Å². The van der Waals surface area contributed by atoms with E-state index < -0.39 is 47.3 Å². The van der Waals surface area contributed by atoms with Crippen LogP contribution < -0.4 is 10.3 Å². The number of pyridine rings is 1. The molecule has 0 aliphatic carbocycles. The van der Waals surface area contributed by atoms with E-state index in [0.29, 0.717) is 5.56 Å². The van der Waals surface area contributed by atoms with Gasteiger partial charge in [-0.15, -0.1) is 0 Å². The van der Waals surface area contributed by atoms with Gasteiger partial charge >= 0.3 is 6.61 Å². The summed E-state index contributed by atoms with van der Waals surface area (Å²) in [7, 11) is 1.38. The number of hydrogen-bond donors (Lipinski definition) is 1. The molecule has 1 aliphatic rings. The lowest BCUT2D eigenvalue weighted by atomic mass is 9.95. The van der Waals surface area contributed by atoms with Gasteiger partial charge in [0.25, 0.3) is 11.5 Å². The van der Waals surface area contributed by atoms with Crippen LogP contribution in [0.4, 0.5) is 22.0 Å². The lowest BCUT2D eigenvalue weighted by Crippen LogP contribution is -2.37. The van der Waals surface area contributed by atoms with Gasteiger partial charge in [0, 0.05) is 23.9 Å². The highest BCUT2D eigenvalue weighted by atomic mass is 19.3. The van der Waals surface area contributed by atoms with E-state index in [1.54, 1.807) is 0 Å². The molecule has 1 atom stereocenters. The van der Waals surface area contributed by atoms with Crippen LogP contribution >= 0.6 is 0 Å². The van der Waals surface area contributed by atoms with Crippen molar-refractivity contribution in [3.8, 4) is 5.75 Å². The molecule has 1 aromatic heterocycles. The van der Waals surface area contributed by atoms with Crippen molar-refractivity contribution in [3.05, 3.63) is 75.0 Å². The smallest absolute Gasteiger partial charge is 0.387 e. The second-order valence-electron chi connectivity index (χ2n) is 7.13. The number of rotatable bonds is 4. The van der Waals surface area contributed by atoms with Gasteiger partial charge in [-0.25, -0.2) is 13.2 Å². The fourth-order valence-electron chi connectivity index (χ4n) is 3.72. The van der Waals surface area contributed by atoms with Crippen LogP contribution in [0, 0.1) is 17.5 Å². The molecule has 0 spiro atoms. The van der Waals surface area contributed by atoms with E-state index in [9.17, 15) is 31.5 Å². The zero-order chi connectivity index (χ0) is 23.2. The summed E-state index contributed by atoms with van der Waals surface area (Å²) in [4.78, 5) is 29.0. The first kappa shape index (κ1) is 21.8. The lowest BCUT2D eigenvalue weighted by Gasteiger charge is -2.34. The summed E-state index contributed by atoms with van der Waals surface area (Å²) in [6.07, 6.45) is 0. The third kappa shape index (κ3) is 3.79. The number of carbonyl (C=O) groups excluding carboxylic acids is 1. The largest absolute Gasteiger partial charge is 0.432 e. The lowest BCUT2D eigenvalue weighted by molar-refractivity contribution is -0.0521. The van der Waals surface area contributed by atoms with Gasteiger partial charge in [-0.05, 0) is 35.7 Å². The second-order valence-corrected chi connectivity index (χ2v) is 7.13. The predicted molar refractivity (Wildman–Crippen MR) is 102 cm³/mol. The molecular weight excluding hydrogens is 439 g/mol. The molecule has 1 unspecified atom stereocenters. The average Bonchev–Trinajstić information content (AvgIpc) is 2.75. The number of ether oxygens (including phenoxy) is 2.